The maximum atomic E-state index is 10.9. The summed E-state index contributed by atoms with van der Waals surface area (Å²) in [5.74, 6) is 0. The van der Waals surface area contributed by atoms with Gasteiger partial charge < -0.3 is 9.88 Å². The molecule has 0 unspecified atom stereocenters. The Hall–Kier alpha value is -1.77. The number of hydrogen-bond acceptors (Lipinski definition) is 2. The molecule has 0 amide bonds. The van der Waals surface area contributed by atoms with Gasteiger partial charge in [0.2, 0.25) is 0 Å². The molecule has 0 saturated heterocycles. The molecule has 0 radical (unpaired) electrons. The van der Waals surface area contributed by atoms with Gasteiger partial charge in [-0.2, -0.15) is 0 Å². The minimum absolute atomic E-state index is 0.731. The van der Waals surface area contributed by atoms with Crippen LogP contribution in [0.1, 0.15) is 5.69 Å². The molecule has 0 spiro atoms. The molecular weight excluding hydrogens is 176 g/mol. The monoisotopic (exact) mass is 188 g/mol. The van der Waals surface area contributed by atoms with Crippen LogP contribution in [0.3, 0.4) is 0 Å². The van der Waals surface area contributed by atoms with Crippen molar-refractivity contribution in [2.45, 2.75) is 0 Å². The van der Waals surface area contributed by atoms with Crippen LogP contribution in [-0.4, -0.2) is 29.8 Å². The molecule has 72 valence electrons. The molecular formula is C11H12N2O. The van der Waals surface area contributed by atoms with Crippen LogP contribution in [0.15, 0.2) is 36.2 Å². The van der Waals surface area contributed by atoms with E-state index in [1.165, 1.54) is 0 Å². The SMILES string of the molecule is CN1CC=CC(c2ccc[nH]2)=C1C=O. The summed E-state index contributed by atoms with van der Waals surface area (Å²) in [7, 11) is 1.91. The summed E-state index contributed by atoms with van der Waals surface area (Å²) in [4.78, 5) is 16.0. The van der Waals surface area contributed by atoms with E-state index < -0.39 is 0 Å². The summed E-state index contributed by atoms with van der Waals surface area (Å²) in [6, 6.07) is 3.88. The van der Waals surface area contributed by atoms with Crippen molar-refractivity contribution in [3.05, 3.63) is 41.9 Å². The Bertz CT molecular complexity index is 387. The number of aldehydes is 1. The molecule has 1 aromatic rings. The second kappa shape index (κ2) is 3.54. The third-order valence-electron chi connectivity index (χ3n) is 2.35. The summed E-state index contributed by atoms with van der Waals surface area (Å²) in [5.41, 5.74) is 2.67. The van der Waals surface area contributed by atoms with E-state index >= 15 is 0 Å². The Morgan fingerprint density at radius 2 is 2.43 bits per heavy atom. The van der Waals surface area contributed by atoms with Gasteiger partial charge >= 0.3 is 0 Å². The van der Waals surface area contributed by atoms with Gasteiger partial charge in [0.05, 0.1) is 5.70 Å². The van der Waals surface area contributed by atoms with Gasteiger partial charge in [0, 0.05) is 31.1 Å². The van der Waals surface area contributed by atoms with Crippen LogP contribution in [0.2, 0.25) is 0 Å². The van der Waals surface area contributed by atoms with E-state index in [-0.39, 0.29) is 0 Å². The number of nitrogens with one attached hydrogen (secondary N) is 1. The van der Waals surface area contributed by atoms with E-state index in [9.17, 15) is 4.79 Å². The lowest BCUT2D eigenvalue weighted by Gasteiger charge is -2.22. The number of allylic oxidation sites excluding steroid dienone is 3. The molecule has 1 aromatic heterocycles. The highest BCUT2D eigenvalue weighted by Gasteiger charge is 2.13. The molecule has 3 nitrogen and oxygen atoms in total. The van der Waals surface area contributed by atoms with Crippen molar-refractivity contribution in [2.75, 3.05) is 13.6 Å². The van der Waals surface area contributed by atoms with Crippen molar-refractivity contribution in [3.63, 3.8) is 0 Å². The minimum atomic E-state index is 0.731. The number of nitrogens with zero attached hydrogens (tertiary/aromatic N) is 1. The summed E-state index contributed by atoms with van der Waals surface area (Å²) >= 11 is 0. The number of hydrogen-bond donors (Lipinski definition) is 1. The zero-order chi connectivity index (χ0) is 9.97. The summed E-state index contributed by atoms with van der Waals surface area (Å²) < 4.78 is 0. The molecule has 1 aliphatic rings. The van der Waals surface area contributed by atoms with Crippen LogP contribution in [0.25, 0.3) is 5.57 Å². The highest BCUT2D eigenvalue weighted by molar-refractivity contribution is 5.91. The largest absolute Gasteiger partial charge is 0.368 e. The van der Waals surface area contributed by atoms with Gasteiger partial charge in [0.25, 0.3) is 0 Å². The van der Waals surface area contributed by atoms with Crippen LogP contribution in [0.5, 0.6) is 0 Å². The Morgan fingerprint density at radius 3 is 3.07 bits per heavy atom. The second-order valence-electron chi connectivity index (χ2n) is 3.28. The lowest BCUT2D eigenvalue weighted by molar-refractivity contribution is -0.106. The van der Waals surface area contributed by atoms with Gasteiger partial charge in [-0.05, 0) is 12.1 Å². The maximum absolute atomic E-state index is 10.9. The van der Waals surface area contributed by atoms with Crippen molar-refractivity contribution < 1.29 is 4.79 Å². The van der Waals surface area contributed by atoms with Crippen LogP contribution >= 0.6 is 0 Å². The van der Waals surface area contributed by atoms with E-state index in [0.717, 1.165) is 29.8 Å². The third kappa shape index (κ3) is 1.37. The predicted octanol–water partition coefficient (Wildman–Crippen LogP) is 1.43. The first-order valence-corrected chi connectivity index (χ1v) is 4.54. The fourth-order valence-corrected chi connectivity index (χ4v) is 1.60. The van der Waals surface area contributed by atoms with Gasteiger partial charge in [0.1, 0.15) is 0 Å². The molecule has 3 heteroatoms. The predicted molar refractivity (Wildman–Crippen MR) is 55.5 cm³/mol. The summed E-state index contributed by atoms with van der Waals surface area (Å²) in [6.45, 7) is 0.790. The van der Waals surface area contributed by atoms with E-state index in [1.807, 2.05) is 42.4 Å². The molecule has 0 fully saturated rings. The van der Waals surface area contributed by atoms with Crippen LogP contribution in [-0.2, 0) is 4.79 Å². The maximum Gasteiger partial charge on any atom is 0.166 e. The number of H-pyrrole nitrogens is 1. The van der Waals surface area contributed by atoms with Crippen molar-refractivity contribution in [2.24, 2.45) is 0 Å². The number of aromatic amines is 1. The first-order chi connectivity index (χ1) is 6.83. The van der Waals surface area contributed by atoms with Crippen molar-refractivity contribution in [1.82, 2.24) is 9.88 Å². The van der Waals surface area contributed by atoms with Gasteiger partial charge in [0.15, 0.2) is 6.29 Å². The number of carbonyl (C=O) groups excluding carboxylic acids is 1. The lowest BCUT2D eigenvalue weighted by atomic mass is 10.1. The van der Waals surface area contributed by atoms with Crippen LogP contribution in [0, 0.1) is 0 Å². The molecule has 14 heavy (non-hydrogen) atoms. The molecule has 0 aliphatic carbocycles. The van der Waals surface area contributed by atoms with Gasteiger partial charge in [-0.3, -0.25) is 4.79 Å². The summed E-state index contributed by atoms with van der Waals surface area (Å²) in [5, 5.41) is 0. The molecule has 1 aliphatic heterocycles. The van der Waals surface area contributed by atoms with Crippen molar-refractivity contribution in [1.29, 1.82) is 0 Å². The van der Waals surface area contributed by atoms with Crippen LogP contribution < -0.4 is 0 Å². The Balaban J connectivity index is 2.49. The number of likely N-dealkylation sites (N-methyl/N-ethyl adjacent to an activating group) is 1. The average molecular weight is 188 g/mol. The lowest BCUT2D eigenvalue weighted by Crippen LogP contribution is -2.22. The number of rotatable bonds is 2. The highest BCUT2D eigenvalue weighted by atomic mass is 16.1. The normalized spacial score (nSPS) is 16.2. The molecule has 0 aromatic carbocycles. The van der Waals surface area contributed by atoms with Gasteiger partial charge in [-0.15, -0.1) is 0 Å². The fourth-order valence-electron chi connectivity index (χ4n) is 1.60. The Kier molecular flexibility index (Phi) is 2.23. The molecule has 1 N–H and O–H groups in total. The highest BCUT2D eigenvalue weighted by Crippen LogP contribution is 2.22. The van der Waals surface area contributed by atoms with Crippen LogP contribution in [0.4, 0.5) is 0 Å². The standard InChI is InChI=1S/C11H12N2O/c1-13-7-3-4-9(11(13)8-14)10-5-2-6-12-10/h2-6,8,12H,7H2,1H3. The first-order valence-electron chi connectivity index (χ1n) is 4.54. The minimum Gasteiger partial charge on any atom is -0.368 e. The fraction of sp³-hybridized carbons (Fsp3) is 0.182. The van der Waals surface area contributed by atoms with E-state index in [4.69, 9.17) is 0 Å². The van der Waals surface area contributed by atoms with E-state index in [1.54, 1.807) is 0 Å². The molecule has 0 atom stereocenters. The number of aromatic nitrogens is 1. The summed E-state index contributed by atoms with van der Waals surface area (Å²) in [6.07, 6.45) is 6.78. The topological polar surface area (TPSA) is 36.1 Å². The van der Waals surface area contributed by atoms with E-state index in [2.05, 4.69) is 4.98 Å². The molecule has 2 rings (SSSR count). The zero-order valence-corrected chi connectivity index (χ0v) is 8.03. The number of carbonyl (C=O) groups is 1. The average Bonchev–Trinajstić information content (AvgIpc) is 2.70. The van der Waals surface area contributed by atoms with Gasteiger partial charge in [-0.25, -0.2) is 0 Å². The van der Waals surface area contributed by atoms with Crippen molar-refractivity contribution >= 4 is 11.9 Å². The molecule has 0 bridgehead atoms. The Labute approximate surface area is 82.7 Å². The van der Waals surface area contributed by atoms with Gasteiger partial charge in [-0.1, -0.05) is 12.2 Å². The third-order valence-corrected chi connectivity index (χ3v) is 2.35. The Morgan fingerprint density at radius 1 is 1.57 bits per heavy atom. The van der Waals surface area contributed by atoms with E-state index in [0.29, 0.717) is 0 Å². The smallest absolute Gasteiger partial charge is 0.166 e. The quantitative estimate of drug-likeness (QED) is 0.713. The molecule has 2 heterocycles. The second-order valence-corrected chi connectivity index (χ2v) is 3.28. The first kappa shape index (κ1) is 8.81. The van der Waals surface area contributed by atoms with Crippen molar-refractivity contribution in [3.8, 4) is 0 Å². The zero-order valence-electron chi connectivity index (χ0n) is 8.03. The molecule has 0 saturated carbocycles.